The average Bonchev–Trinajstić information content (AvgIpc) is 3.19. The summed E-state index contributed by atoms with van der Waals surface area (Å²) in [6.07, 6.45) is 1.53. The van der Waals surface area contributed by atoms with Gasteiger partial charge in [0.2, 0.25) is 5.91 Å². The third-order valence-electron chi connectivity index (χ3n) is 4.42. The smallest absolute Gasteiger partial charge is 0.257 e. The zero-order chi connectivity index (χ0) is 18.0. The first-order valence-electron chi connectivity index (χ1n) is 8.61. The van der Waals surface area contributed by atoms with Gasteiger partial charge in [-0.25, -0.2) is 0 Å². The summed E-state index contributed by atoms with van der Waals surface area (Å²) < 4.78 is 5.26. The van der Waals surface area contributed by atoms with E-state index >= 15 is 0 Å². The van der Waals surface area contributed by atoms with Crippen molar-refractivity contribution in [3.05, 3.63) is 46.8 Å². The number of aromatic nitrogens is 1. The van der Waals surface area contributed by atoms with Crippen LogP contribution in [0.3, 0.4) is 0 Å². The molecule has 0 spiro atoms. The highest BCUT2D eigenvalue weighted by molar-refractivity contribution is 5.96. The Morgan fingerprint density at radius 3 is 2.64 bits per heavy atom. The van der Waals surface area contributed by atoms with Gasteiger partial charge in [-0.05, 0) is 31.0 Å². The fraction of sp³-hybridized carbons (Fsp3) is 0.421. The van der Waals surface area contributed by atoms with E-state index in [1.54, 1.807) is 11.8 Å². The number of nitrogens with one attached hydrogen (secondary N) is 1. The molecule has 1 aliphatic heterocycles. The topological polar surface area (TPSA) is 75.4 Å². The standard InChI is InChI=1S/C19H23N3O3/c1-12(2)18-17(13(3)21-25-18)19(24)20-11-14-6-8-15(9-7-14)22-10-4-5-16(22)23/h6-9,12H,4-5,10-11H2,1-3H3,(H,20,24). The predicted octanol–water partition coefficient (Wildman–Crippen LogP) is 3.16. The number of nitrogens with zero attached hydrogens (tertiary/aromatic N) is 2. The number of benzene rings is 1. The van der Waals surface area contributed by atoms with Crippen molar-refractivity contribution in [3.8, 4) is 0 Å². The Labute approximate surface area is 147 Å². The minimum atomic E-state index is -0.179. The van der Waals surface area contributed by atoms with Gasteiger partial charge < -0.3 is 14.7 Å². The highest BCUT2D eigenvalue weighted by atomic mass is 16.5. The molecule has 1 N–H and O–H groups in total. The summed E-state index contributed by atoms with van der Waals surface area (Å²) >= 11 is 0. The molecular weight excluding hydrogens is 318 g/mol. The van der Waals surface area contributed by atoms with Crippen LogP contribution in [-0.4, -0.2) is 23.5 Å². The van der Waals surface area contributed by atoms with Crippen LogP contribution in [0.1, 0.15) is 60.0 Å². The van der Waals surface area contributed by atoms with E-state index in [0.717, 1.165) is 24.2 Å². The Morgan fingerprint density at radius 1 is 1.32 bits per heavy atom. The molecule has 1 aliphatic rings. The third-order valence-corrected chi connectivity index (χ3v) is 4.42. The van der Waals surface area contributed by atoms with Crippen molar-refractivity contribution in [1.82, 2.24) is 10.5 Å². The van der Waals surface area contributed by atoms with Crippen LogP contribution in [0.15, 0.2) is 28.8 Å². The number of hydrogen-bond acceptors (Lipinski definition) is 4. The number of rotatable bonds is 5. The molecule has 0 aliphatic carbocycles. The maximum Gasteiger partial charge on any atom is 0.257 e. The normalized spacial score (nSPS) is 14.4. The first kappa shape index (κ1) is 17.2. The van der Waals surface area contributed by atoms with Gasteiger partial charge in [0.05, 0.1) is 5.69 Å². The van der Waals surface area contributed by atoms with Gasteiger partial charge in [0, 0.05) is 31.1 Å². The van der Waals surface area contributed by atoms with Gasteiger partial charge in [0.25, 0.3) is 5.91 Å². The molecule has 6 heteroatoms. The summed E-state index contributed by atoms with van der Waals surface area (Å²) in [5, 5.41) is 6.82. The Balaban J connectivity index is 1.65. The lowest BCUT2D eigenvalue weighted by Crippen LogP contribution is -2.25. The molecule has 1 saturated heterocycles. The second-order valence-corrected chi connectivity index (χ2v) is 6.66. The summed E-state index contributed by atoms with van der Waals surface area (Å²) in [6.45, 7) is 6.89. The molecule has 1 aromatic carbocycles. The minimum Gasteiger partial charge on any atom is -0.360 e. The van der Waals surface area contributed by atoms with Gasteiger partial charge in [0.15, 0.2) is 5.76 Å². The van der Waals surface area contributed by atoms with E-state index in [1.165, 1.54) is 0 Å². The SMILES string of the molecule is Cc1noc(C(C)C)c1C(=O)NCc1ccc(N2CCCC2=O)cc1. The quantitative estimate of drug-likeness (QED) is 0.906. The predicted molar refractivity (Wildman–Crippen MR) is 94.5 cm³/mol. The van der Waals surface area contributed by atoms with Crippen molar-refractivity contribution in [2.45, 2.75) is 46.1 Å². The fourth-order valence-corrected chi connectivity index (χ4v) is 3.04. The van der Waals surface area contributed by atoms with Gasteiger partial charge >= 0.3 is 0 Å². The zero-order valence-electron chi connectivity index (χ0n) is 14.8. The Morgan fingerprint density at radius 2 is 2.04 bits per heavy atom. The van der Waals surface area contributed by atoms with Crippen LogP contribution in [0, 0.1) is 6.92 Å². The molecule has 132 valence electrons. The molecule has 0 saturated carbocycles. The van der Waals surface area contributed by atoms with Gasteiger partial charge in [-0.3, -0.25) is 9.59 Å². The average molecular weight is 341 g/mol. The first-order valence-corrected chi connectivity index (χ1v) is 8.61. The Bertz CT molecular complexity index is 778. The summed E-state index contributed by atoms with van der Waals surface area (Å²) in [7, 11) is 0. The van der Waals surface area contributed by atoms with Crippen molar-refractivity contribution < 1.29 is 14.1 Å². The fourth-order valence-electron chi connectivity index (χ4n) is 3.04. The van der Waals surface area contributed by atoms with E-state index in [4.69, 9.17) is 4.52 Å². The molecule has 1 aromatic heterocycles. The molecule has 2 heterocycles. The number of carbonyl (C=O) groups excluding carboxylic acids is 2. The molecule has 2 aromatic rings. The van der Waals surface area contributed by atoms with Crippen LogP contribution in [0.5, 0.6) is 0 Å². The van der Waals surface area contributed by atoms with Crippen molar-refractivity contribution in [2.75, 3.05) is 11.4 Å². The van der Waals surface area contributed by atoms with Crippen molar-refractivity contribution >= 4 is 17.5 Å². The monoisotopic (exact) mass is 341 g/mol. The van der Waals surface area contributed by atoms with E-state index in [2.05, 4.69) is 10.5 Å². The molecule has 1 fully saturated rings. The highest BCUT2D eigenvalue weighted by Gasteiger charge is 2.23. The molecular formula is C19H23N3O3. The van der Waals surface area contributed by atoms with Crippen LogP contribution in [0.2, 0.25) is 0 Å². The lowest BCUT2D eigenvalue weighted by atomic mass is 10.0. The van der Waals surface area contributed by atoms with Crippen molar-refractivity contribution in [1.29, 1.82) is 0 Å². The lowest BCUT2D eigenvalue weighted by Gasteiger charge is -2.16. The van der Waals surface area contributed by atoms with E-state index in [-0.39, 0.29) is 17.7 Å². The Hall–Kier alpha value is -2.63. The summed E-state index contributed by atoms with van der Waals surface area (Å²) in [5.74, 6) is 0.698. The maximum absolute atomic E-state index is 12.5. The largest absolute Gasteiger partial charge is 0.360 e. The molecule has 3 rings (SSSR count). The van der Waals surface area contributed by atoms with Crippen LogP contribution in [-0.2, 0) is 11.3 Å². The number of hydrogen-bond donors (Lipinski definition) is 1. The molecule has 0 bridgehead atoms. The molecule has 0 unspecified atom stereocenters. The molecule has 0 radical (unpaired) electrons. The van der Waals surface area contributed by atoms with Gasteiger partial charge in [-0.15, -0.1) is 0 Å². The van der Waals surface area contributed by atoms with E-state index in [1.807, 2.05) is 38.1 Å². The highest BCUT2D eigenvalue weighted by Crippen LogP contribution is 2.23. The summed E-state index contributed by atoms with van der Waals surface area (Å²) in [4.78, 5) is 26.1. The van der Waals surface area contributed by atoms with Crippen LogP contribution in [0.4, 0.5) is 5.69 Å². The van der Waals surface area contributed by atoms with E-state index in [0.29, 0.717) is 30.0 Å². The van der Waals surface area contributed by atoms with Crippen molar-refractivity contribution in [3.63, 3.8) is 0 Å². The maximum atomic E-state index is 12.5. The second kappa shape index (κ2) is 7.09. The summed E-state index contributed by atoms with van der Waals surface area (Å²) in [5.41, 5.74) is 3.01. The first-order chi connectivity index (χ1) is 12.0. The molecule has 25 heavy (non-hydrogen) atoms. The van der Waals surface area contributed by atoms with E-state index < -0.39 is 0 Å². The van der Waals surface area contributed by atoms with Gasteiger partial charge in [-0.1, -0.05) is 31.1 Å². The number of carbonyl (C=O) groups is 2. The zero-order valence-corrected chi connectivity index (χ0v) is 14.8. The second-order valence-electron chi connectivity index (χ2n) is 6.66. The number of amides is 2. The third kappa shape index (κ3) is 3.57. The van der Waals surface area contributed by atoms with Crippen molar-refractivity contribution in [2.24, 2.45) is 0 Å². The number of anilines is 1. The van der Waals surface area contributed by atoms with E-state index in [9.17, 15) is 9.59 Å². The Kier molecular flexibility index (Phi) is 4.88. The summed E-state index contributed by atoms with van der Waals surface area (Å²) in [6, 6.07) is 7.72. The minimum absolute atomic E-state index is 0.0965. The van der Waals surface area contributed by atoms with Gasteiger partial charge in [-0.2, -0.15) is 0 Å². The van der Waals surface area contributed by atoms with Crippen LogP contribution >= 0.6 is 0 Å². The number of aryl methyl sites for hydroxylation is 1. The van der Waals surface area contributed by atoms with Gasteiger partial charge in [0.1, 0.15) is 5.56 Å². The van der Waals surface area contributed by atoms with Crippen LogP contribution in [0.25, 0.3) is 0 Å². The molecule has 0 atom stereocenters. The molecule has 6 nitrogen and oxygen atoms in total. The molecule has 2 amide bonds. The van der Waals surface area contributed by atoms with Crippen LogP contribution < -0.4 is 10.2 Å². The lowest BCUT2D eigenvalue weighted by molar-refractivity contribution is -0.117.